The molecule has 2 fully saturated rings. The third-order valence-electron chi connectivity index (χ3n) is 5.24. The van der Waals surface area contributed by atoms with Crippen molar-refractivity contribution in [3.63, 3.8) is 0 Å². The Morgan fingerprint density at radius 1 is 1.07 bits per heavy atom. The molecule has 0 aromatic heterocycles. The summed E-state index contributed by atoms with van der Waals surface area (Å²) in [6.45, 7) is 7.01. The van der Waals surface area contributed by atoms with Crippen LogP contribution in [0.3, 0.4) is 0 Å². The van der Waals surface area contributed by atoms with E-state index in [2.05, 4.69) is 5.32 Å². The Balaban J connectivity index is 1.46. The van der Waals surface area contributed by atoms with Gasteiger partial charge in [-0.25, -0.2) is 9.59 Å². The predicted molar refractivity (Wildman–Crippen MR) is 108 cm³/mol. The molecule has 7 nitrogen and oxygen atoms in total. The molecule has 1 aliphatic heterocycles. The lowest BCUT2D eigenvalue weighted by Crippen LogP contribution is -2.58. The lowest BCUT2D eigenvalue weighted by atomic mass is 9.89. The van der Waals surface area contributed by atoms with Gasteiger partial charge in [-0.3, -0.25) is 4.90 Å². The van der Waals surface area contributed by atoms with Crippen LogP contribution in [-0.4, -0.2) is 54.0 Å². The maximum absolute atomic E-state index is 12.7. The molecule has 0 spiro atoms. The molecule has 0 bridgehead atoms. The first-order valence-electron chi connectivity index (χ1n) is 10.4. The molecule has 1 heterocycles. The summed E-state index contributed by atoms with van der Waals surface area (Å²) in [5.74, 6) is 0. The molecule has 0 radical (unpaired) electrons. The van der Waals surface area contributed by atoms with Crippen LogP contribution in [-0.2, 0) is 20.8 Å². The van der Waals surface area contributed by atoms with E-state index in [4.69, 9.17) is 14.2 Å². The van der Waals surface area contributed by atoms with Crippen LogP contribution in [0.2, 0.25) is 0 Å². The van der Waals surface area contributed by atoms with E-state index in [0.29, 0.717) is 13.2 Å². The Labute approximate surface area is 172 Å². The number of benzene rings is 1. The number of rotatable bonds is 5. The standard InChI is InChI=1S/C22H32N2O5/c1-22(2,3)29-21(26)24(19-14-27-15-19)18-11-9-17(10-12-18)23-20(25)28-13-16-7-5-4-6-8-16/h4-8,17-19H,9-15H2,1-3H3,(H,23,25). The largest absolute Gasteiger partial charge is 0.445 e. The molecule has 0 atom stereocenters. The number of nitrogens with zero attached hydrogens (tertiary/aromatic N) is 1. The average Bonchev–Trinajstić information content (AvgIpc) is 2.63. The molecule has 7 heteroatoms. The molecule has 1 N–H and O–H groups in total. The fraction of sp³-hybridized carbons (Fsp3) is 0.636. The van der Waals surface area contributed by atoms with Crippen LogP contribution in [0.5, 0.6) is 0 Å². The minimum Gasteiger partial charge on any atom is -0.445 e. The Morgan fingerprint density at radius 2 is 1.72 bits per heavy atom. The Kier molecular flexibility index (Phi) is 7.00. The van der Waals surface area contributed by atoms with Crippen LogP contribution in [0.15, 0.2) is 30.3 Å². The van der Waals surface area contributed by atoms with Gasteiger partial charge in [0.15, 0.2) is 0 Å². The summed E-state index contributed by atoms with van der Waals surface area (Å²) in [5.41, 5.74) is 0.434. The third-order valence-corrected chi connectivity index (χ3v) is 5.24. The van der Waals surface area contributed by atoms with Crippen molar-refractivity contribution in [2.24, 2.45) is 0 Å². The number of carbonyl (C=O) groups is 2. The fourth-order valence-corrected chi connectivity index (χ4v) is 3.72. The van der Waals surface area contributed by atoms with Crippen LogP contribution in [0, 0.1) is 0 Å². The lowest BCUT2D eigenvalue weighted by Gasteiger charge is -2.44. The summed E-state index contributed by atoms with van der Waals surface area (Å²) in [7, 11) is 0. The first-order chi connectivity index (χ1) is 13.8. The molecule has 160 valence electrons. The van der Waals surface area contributed by atoms with Crippen molar-refractivity contribution in [3.05, 3.63) is 35.9 Å². The third kappa shape index (κ3) is 6.35. The topological polar surface area (TPSA) is 77.1 Å². The van der Waals surface area contributed by atoms with E-state index in [-0.39, 0.29) is 30.8 Å². The number of ether oxygens (including phenoxy) is 3. The SMILES string of the molecule is CC(C)(C)OC(=O)N(C1CCC(NC(=O)OCc2ccccc2)CC1)C1COC1. The fourth-order valence-electron chi connectivity index (χ4n) is 3.72. The zero-order valence-electron chi connectivity index (χ0n) is 17.6. The van der Waals surface area contributed by atoms with Gasteiger partial charge in [0.1, 0.15) is 12.2 Å². The van der Waals surface area contributed by atoms with Crippen molar-refractivity contribution in [2.75, 3.05) is 13.2 Å². The highest BCUT2D eigenvalue weighted by Gasteiger charge is 2.39. The van der Waals surface area contributed by atoms with E-state index in [1.54, 1.807) is 0 Å². The van der Waals surface area contributed by atoms with E-state index in [0.717, 1.165) is 31.2 Å². The summed E-state index contributed by atoms with van der Waals surface area (Å²) in [4.78, 5) is 26.7. The first-order valence-corrected chi connectivity index (χ1v) is 10.4. The highest BCUT2D eigenvalue weighted by Crippen LogP contribution is 2.28. The van der Waals surface area contributed by atoms with E-state index in [1.165, 1.54) is 0 Å². The van der Waals surface area contributed by atoms with Crippen LogP contribution >= 0.6 is 0 Å². The summed E-state index contributed by atoms with van der Waals surface area (Å²) in [5, 5.41) is 2.95. The second-order valence-corrected chi connectivity index (χ2v) is 8.79. The smallest absolute Gasteiger partial charge is 0.410 e. The van der Waals surface area contributed by atoms with Crippen LogP contribution in [0.25, 0.3) is 0 Å². The van der Waals surface area contributed by atoms with Crippen molar-refractivity contribution >= 4 is 12.2 Å². The van der Waals surface area contributed by atoms with E-state index in [9.17, 15) is 9.59 Å². The summed E-state index contributed by atoms with van der Waals surface area (Å²) in [6, 6.07) is 9.86. The van der Waals surface area contributed by atoms with Crippen molar-refractivity contribution in [1.82, 2.24) is 10.2 Å². The molecular formula is C22H32N2O5. The normalized spacial score (nSPS) is 22.3. The predicted octanol–water partition coefficient (Wildman–Crippen LogP) is 3.86. The molecule has 0 unspecified atom stereocenters. The minimum atomic E-state index is -0.527. The highest BCUT2D eigenvalue weighted by molar-refractivity contribution is 5.69. The number of alkyl carbamates (subject to hydrolysis) is 1. The summed E-state index contributed by atoms with van der Waals surface area (Å²) < 4.78 is 16.2. The molecule has 1 aliphatic carbocycles. The molecule has 1 saturated carbocycles. The van der Waals surface area contributed by atoms with Crippen molar-refractivity contribution in [1.29, 1.82) is 0 Å². The average molecular weight is 405 g/mol. The van der Waals surface area contributed by atoms with Gasteiger partial charge in [-0.2, -0.15) is 0 Å². The van der Waals surface area contributed by atoms with Gasteiger partial charge in [-0.05, 0) is 52.0 Å². The van der Waals surface area contributed by atoms with Gasteiger partial charge in [-0.15, -0.1) is 0 Å². The van der Waals surface area contributed by atoms with Crippen LogP contribution in [0.4, 0.5) is 9.59 Å². The van der Waals surface area contributed by atoms with Gasteiger partial charge in [0.25, 0.3) is 0 Å². The van der Waals surface area contributed by atoms with E-state index < -0.39 is 11.7 Å². The maximum atomic E-state index is 12.7. The quantitative estimate of drug-likeness (QED) is 0.806. The van der Waals surface area contributed by atoms with Crippen molar-refractivity contribution < 1.29 is 23.8 Å². The number of nitrogens with one attached hydrogen (secondary N) is 1. The molecule has 3 rings (SSSR count). The molecule has 2 amide bonds. The molecule has 1 saturated heterocycles. The Morgan fingerprint density at radius 3 is 2.28 bits per heavy atom. The van der Waals surface area contributed by atoms with Gasteiger partial charge in [0.2, 0.25) is 0 Å². The van der Waals surface area contributed by atoms with Crippen molar-refractivity contribution in [2.45, 2.75) is 76.8 Å². The summed E-state index contributed by atoms with van der Waals surface area (Å²) >= 11 is 0. The molecular weight excluding hydrogens is 372 g/mol. The van der Waals surface area contributed by atoms with Crippen LogP contribution < -0.4 is 5.32 Å². The second kappa shape index (κ2) is 9.48. The number of amides is 2. The van der Waals surface area contributed by atoms with E-state index >= 15 is 0 Å². The van der Waals surface area contributed by atoms with Gasteiger partial charge in [0.05, 0.1) is 19.3 Å². The van der Waals surface area contributed by atoms with Gasteiger partial charge in [0, 0.05) is 12.1 Å². The monoisotopic (exact) mass is 404 g/mol. The van der Waals surface area contributed by atoms with Gasteiger partial charge < -0.3 is 19.5 Å². The zero-order chi connectivity index (χ0) is 20.9. The highest BCUT2D eigenvalue weighted by atomic mass is 16.6. The van der Waals surface area contributed by atoms with Crippen molar-refractivity contribution in [3.8, 4) is 0 Å². The molecule has 1 aromatic carbocycles. The number of carbonyl (C=O) groups excluding carboxylic acids is 2. The van der Waals surface area contributed by atoms with Crippen LogP contribution in [0.1, 0.15) is 52.0 Å². The Bertz CT molecular complexity index is 676. The molecule has 1 aromatic rings. The number of hydrogen-bond donors (Lipinski definition) is 1. The zero-order valence-corrected chi connectivity index (χ0v) is 17.6. The van der Waals surface area contributed by atoms with Gasteiger partial charge in [-0.1, -0.05) is 30.3 Å². The van der Waals surface area contributed by atoms with E-state index in [1.807, 2.05) is 56.0 Å². The minimum absolute atomic E-state index is 0.0626. The van der Waals surface area contributed by atoms with Gasteiger partial charge >= 0.3 is 12.2 Å². The maximum Gasteiger partial charge on any atom is 0.410 e. The second-order valence-electron chi connectivity index (χ2n) is 8.79. The first kappa shape index (κ1) is 21.4. The Hall–Kier alpha value is -2.28. The summed E-state index contributed by atoms with van der Waals surface area (Å²) in [6.07, 6.45) is 2.58. The molecule has 29 heavy (non-hydrogen) atoms. The number of hydrogen-bond acceptors (Lipinski definition) is 5. The lowest BCUT2D eigenvalue weighted by molar-refractivity contribution is -0.0871. The molecule has 2 aliphatic rings.